The highest BCUT2D eigenvalue weighted by atomic mass is 16.5. The number of hydrogen-bond acceptors (Lipinski definition) is 3. The first-order valence-corrected chi connectivity index (χ1v) is 8.33. The van der Waals surface area contributed by atoms with Gasteiger partial charge < -0.3 is 9.84 Å². The second-order valence-electron chi connectivity index (χ2n) is 7.97. The predicted molar refractivity (Wildman–Crippen MR) is 82.8 cm³/mol. The summed E-state index contributed by atoms with van der Waals surface area (Å²) in [6.07, 6.45) is 5.70. The maximum atomic E-state index is 10.4. The number of rotatable bonds is 3. The molecule has 1 aliphatic heterocycles. The summed E-state index contributed by atoms with van der Waals surface area (Å²) in [5, 5.41) is 10.4. The van der Waals surface area contributed by atoms with Crippen LogP contribution in [0.25, 0.3) is 0 Å². The Labute approximate surface area is 124 Å². The van der Waals surface area contributed by atoms with E-state index in [1.54, 1.807) is 7.11 Å². The molecule has 0 aromatic carbocycles. The quantitative estimate of drug-likeness (QED) is 0.864. The molecule has 1 N–H and O–H groups in total. The van der Waals surface area contributed by atoms with Gasteiger partial charge in [-0.05, 0) is 55.9 Å². The molecule has 3 heteroatoms. The van der Waals surface area contributed by atoms with Gasteiger partial charge in [-0.2, -0.15) is 0 Å². The van der Waals surface area contributed by atoms with Gasteiger partial charge >= 0.3 is 0 Å². The van der Waals surface area contributed by atoms with Crippen LogP contribution in [0.2, 0.25) is 0 Å². The number of piperidine rings is 1. The van der Waals surface area contributed by atoms with Gasteiger partial charge in [0.15, 0.2) is 0 Å². The van der Waals surface area contributed by atoms with Crippen LogP contribution in [0.3, 0.4) is 0 Å². The topological polar surface area (TPSA) is 32.7 Å². The Morgan fingerprint density at radius 1 is 1.20 bits per heavy atom. The number of nitrogens with zero attached hydrogens (tertiary/aromatic N) is 1. The molecule has 0 spiro atoms. The monoisotopic (exact) mass is 283 g/mol. The highest BCUT2D eigenvalue weighted by Gasteiger charge is 2.39. The van der Waals surface area contributed by atoms with E-state index in [4.69, 9.17) is 4.74 Å². The van der Waals surface area contributed by atoms with Crippen molar-refractivity contribution < 1.29 is 9.84 Å². The summed E-state index contributed by atoms with van der Waals surface area (Å²) < 4.78 is 5.33. The molecule has 20 heavy (non-hydrogen) atoms. The van der Waals surface area contributed by atoms with Crippen molar-refractivity contribution in [1.29, 1.82) is 0 Å². The van der Waals surface area contributed by atoms with E-state index in [1.807, 2.05) is 0 Å². The third-order valence-electron chi connectivity index (χ3n) is 5.43. The van der Waals surface area contributed by atoms with E-state index in [1.165, 1.54) is 19.3 Å². The van der Waals surface area contributed by atoms with Gasteiger partial charge in [-0.25, -0.2) is 0 Å². The number of aliphatic hydroxyl groups is 1. The fourth-order valence-corrected chi connectivity index (χ4v) is 4.08. The molecule has 4 unspecified atom stereocenters. The van der Waals surface area contributed by atoms with Gasteiger partial charge in [-0.3, -0.25) is 4.90 Å². The maximum absolute atomic E-state index is 10.4. The summed E-state index contributed by atoms with van der Waals surface area (Å²) in [6, 6.07) is 0.368. The molecule has 2 fully saturated rings. The van der Waals surface area contributed by atoms with Crippen molar-refractivity contribution in [3.05, 3.63) is 0 Å². The third kappa shape index (κ3) is 3.96. The van der Waals surface area contributed by atoms with Crippen LogP contribution >= 0.6 is 0 Å². The van der Waals surface area contributed by atoms with Crippen molar-refractivity contribution in [2.75, 3.05) is 26.8 Å². The Kier molecular flexibility index (Phi) is 5.49. The molecule has 2 aliphatic rings. The van der Waals surface area contributed by atoms with E-state index in [0.717, 1.165) is 38.5 Å². The number of methoxy groups -OCH3 is 1. The van der Waals surface area contributed by atoms with E-state index in [9.17, 15) is 5.11 Å². The zero-order valence-electron chi connectivity index (χ0n) is 13.8. The van der Waals surface area contributed by atoms with E-state index >= 15 is 0 Å². The summed E-state index contributed by atoms with van der Waals surface area (Å²) in [5.41, 5.74) is 0.361. The Morgan fingerprint density at radius 3 is 2.60 bits per heavy atom. The number of hydrogen-bond donors (Lipinski definition) is 1. The molecular weight excluding hydrogens is 250 g/mol. The summed E-state index contributed by atoms with van der Waals surface area (Å²) in [6.45, 7) is 10.1. The van der Waals surface area contributed by atoms with Crippen LogP contribution in [0.1, 0.15) is 52.9 Å². The number of ether oxygens (including phenoxy) is 1. The minimum Gasteiger partial charge on any atom is -0.391 e. The smallest absolute Gasteiger partial charge is 0.0695 e. The molecule has 3 nitrogen and oxygen atoms in total. The van der Waals surface area contributed by atoms with Crippen molar-refractivity contribution in [2.24, 2.45) is 17.3 Å². The summed E-state index contributed by atoms with van der Waals surface area (Å²) >= 11 is 0. The molecule has 1 heterocycles. The first kappa shape index (κ1) is 16.3. The van der Waals surface area contributed by atoms with E-state index < -0.39 is 0 Å². The normalized spacial score (nSPS) is 37.0. The van der Waals surface area contributed by atoms with Crippen LogP contribution in [0.15, 0.2) is 0 Å². The van der Waals surface area contributed by atoms with Crippen molar-refractivity contribution in [2.45, 2.75) is 65.0 Å². The Morgan fingerprint density at radius 2 is 1.95 bits per heavy atom. The second kappa shape index (κ2) is 6.76. The molecule has 1 saturated carbocycles. The van der Waals surface area contributed by atoms with Gasteiger partial charge in [-0.1, -0.05) is 20.8 Å². The van der Waals surface area contributed by atoms with Crippen LogP contribution in [-0.4, -0.2) is 49.0 Å². The van der Waals surface area contributed by atoms with Crippen LogP contribution < -0.4 is 0 Å². The molecule has 118 valence electrons. The largest absolute Gasteiger partial charge is 0.391 e. The van der Waals surface area contributed by atoms with Crippen LogP contribution in [0, 0.1) is 17.3 Å². The molecule has 0 bridgehead atoms. The number of likely N-dealkylation sites (tertiary alicyclic amines) is 1. The van der Waals surface area contributed by atoms with Crippen molar-refractivity contribution in [3.8, 4) is 0 Å². The standard InChI is InChI=1S/C17H33NO2/c1-17(2,3)14-7-8-16(19)15(10-14)18-9-5-6-13(11-18)12-20-4/h13-16,19H,5-12H2,1-4H3. The molecule has 0 aromatic rings. The van der Waals surface area contributed by atoms with Gasteiger partial charge in [-0.15, -0.1) is 0 Å². The van der Waals surface area contributed by atoms with Crippen LogP contribution in [-0.2, 0) is 4.74 Å². The van der Waals surface area contributed by atoms with Crippen LogP contribution in [0.4, 0.5) is 0 Å². The average molecular weight is 283 g/mol. The molecule has 1 aliphatic carbocycles. The highest BCUT2D eigenvalue weighted by Crippen LogP contribution is 2.40. The third-order valence-corrected chi connectivity index (χ3v) is 5.43. The van der Waals surface area contributed by atoms with Crippen LogP contribution in [0.5, 0.6) is 0 Å². The fraction of sp³-hybridized carbons (Fsp3) is 1.00. The van der Waals surface area contributed by atoms with E-state index in [-0.39, 0.29) is 6.10 Å². The van der Waals surface area contributed by atoms with Crippen molar-refractivity contribution in [3.63, 3.8) is 0 Å². The Bertz CT molecular complexity index is 298. The molecule has 4 atom stereocenters. The minimum atomic E-state index is -0.130. The Balaban J connectivity index is 1.98. The van der Waals surface area contributed by atoms with Crippen molar-refractivity contribution >= 4 is 0 Å². The molecule has 0 amide bonds. The zero-order chi connectivity index (χ0) is 14.8. The van der Waals surface area contributed by atoms with E-state index in [2.05, 4.69) is 25.7 Å². The molecule has 1 saturated heterocycles. The lowest BCUT2D eigenvalue weighted by atomic mass is 9.69. The summed E-state index contributed by atoms with van der Waals surface area (Å²) in [5.74, 6) is 1.38. The van der Waals surface area contributed by atoms with E-state index in [0.29, 0.717) is 17.4 Å². The highest BCUT2D eigenvalue weighted by molar-refractivity contribution is 4.92. The van der Waals surface area contributed by atoms with Crippen molar-refractivity contribution in [1.82, 2.24) is 4.90 Å². The van der Waals surface area contributed by atoms with Gasteiger partial charge in [0, 0.05) is 19.7 Å². The van der Waals surface area contributed by atoms with Gasteiger partial charge in [0.2, 0.25) is 0 Å². The fourth-order valence-electron chi connectivity index (χ4n) is 4.08. The summed E-state index contributed by atoms with van der Waals surface area (Å²) in [4.78, 5) is 2.55. The first-order chi connectivity index (χ1) is 9.41. The maximum Gasteiger partial charge on any atom is 0.0695 e. The predicted octanol–water partition coefficient (Wildman–Crippen LogP) is 2.92. The lowest BCUT2D eigenvalue weighted by molar-refractivity contribution is -0.0372. The first-order valence-electron chi connectivity index (χ1n) is 8.33. The molecule has 0 aromatic heterocycles. The molecule has 2 rings (SSSR count). The zero-order valence-corrected chi connectivity index (χ0v) is 13.8. The van der Waals surface area contributed by atoms with Gasteiger partial charge in [0.05, 0.1) is 12.7 Å². The summed E-state index contributed by atoms with van der Waals surface area (Å²) in [7, 11) is 1.80. The average Bonchev–Trinajstić information content (AvgIpc) is 2.38. The number of aliphatic hydroxyl groups excluding tert-OH is 1. The molecule has 0 radical (unpaired) electrons. The lowest BCUT2D eigenvalue weighted by Gasteiger charge is -2.46. The Hall–Kier alpha value is -0.120. The van der Waals surface area contributed by atoms with Gasteiger partial charge in [0.1, 0.15) is 0 Å². The van der Waals surface area contributed by atoms with Gasteiger partial charge in [0.25, 0.3) is 0 Å². The SMILES string of the molecule is COCC1CCCN(C2CC(C(C)(C)C)CCC2O)C1. The second-order valence-corrected chi connectivity index (χ2v) is 7.97. The lowest BCUT2D eigenvalue weighted by Crippen LogP contribution is -2.52. The molecular formula is C17H33NO2. The minimum absolute atomic E-state index is 0.130.